The smallest absolute Gasteiger partial charge is 0.238 e. The molecule has 0 saturated heterocycles. The van der Waals surface area contributed by atoms with Crippen LogP contribution in [-0.4, -0.2) is 13.4 Å². The summed E-state index contributed by atoms with van der Waals surface area (Å²) in [5.41, 5.74) is 0.798. The van der Waals surface area contributed by atoms with Crippen LogP contribution in [0.3, 0.4) is 0 Å². The monoisotopic (exact) mass is 298 g/mol. The third kappa shape index (κ3) is 3.66. The van der Waals surface area contributed by atoms with Gasteiger partial charge in [-0.1, -0.05) is 11.6 Å². The van der Waals surface area contributed by atoms with Crippen molar-refractivity contribution in [1.29, 1.82) is 0 Å². The maximum atomic E-state index is 11.1. The summed E-state index contributed by atoms with van der Waals surface area (Å²) in [5, 5.41) is 5.52. The summed E-state index contributed by atoms with van der Waals surface area (Å²) in [7, 11) is -3.68. The number of hydrogen-bond donors (Lipinski definition) is 1. The molecule has 0 atom stereocenters. The number of nitrogens with zero attached hydrogens (tertiary/aromatic N) is 1. The Labute approximate surface area is 116 Å². The number of ether oxygens (including phenoxy) is 1. The van der Waals surface area contributed by atoms with Crippen LogP contribution in [0.4, 0.5) is 0 Å². The van der Waals surface area contributed by atoms with Crippen LogP contribution >= 0.6 is 11.6 Å². The minimum atomic E-state index is -3.68. The summed E-state index contributed by atoms with van der Waals surface area (Å²) >= 11 is 5.94. The summed E-state index contributed by atoms with van der Waals surface area (Å²) in [6.45, 7) is 0.274. The zero-order valence-electron chi connectivity index (χ0n) is 9.78. The van der Waals surface area contributed by atoms with Crippen molar-refractivity contribution in [3.63, 3.8) is 0 Å². The predicted octanol–water partition coefficient (Wildman–Crippen LogP) is 1.96. The number of halogens is 1. The van der Waals surface area contributed by atoms with Gasteiger partial charge in [0.05, 0.1) is 9.92 Å². The van der Waals surface area contributed by atoms with Crippen molar-refractivity contribution in [1.82, 2.24) is 4.98 Å². The molecule has 0 amide bonds. The first-order valence-corrected chi connectivity index (χ1v) is 7.23. The van der Waals surface area contributed by atoms with E-state index in [9.17, 15) is 8.42 Å². The highest BCUT2D eigenvalue weighted by Crippen LogP contribution is 2.19. The number of aromatic nitrogens is 1. The standard InChI is InChI=1S/C12H11ClN2O3S/c13-12-7-15-6-5-9(12)8-18-10-1-3-11(4-2-10)19(14,16)17/h1-7H,8H2,(H2,14,16,17). The summed E-state index contributed by atoms with van der Waals surface area (Å²) in [6, 6.07) is 7.60. The molecule has 0 aliphatic carbocycles. The second kappa shape index (κ2) is 5.56. The molecule has 0 spiro atoms. The van der Waals surface area contributed by atoms with Gasteiger partial charge in [0.1, 0.15) is 12.4 Å². The molecule has 2 rings (SSSR count). The number of primary sulfonamides is 1. The maximum absolute atomic E-state index is 11.1. The third-order valence-corrected chi connectivity index (χ3v) is 3.67. The van der Waals surface area contributed by atoms with Crippen LogP contribution in [-0.2, 0) is 16.6 Å². The molecule has 0 bridgehead atoms. The second-order valence-corrected chi connectivity index (χ2v) is 5.74. The van der Waals surface area contributed by atoms with Crippen LogP contribution in [0, 0.1) is 0 Å². The molecule has 2 aromatic rings. The van der Waals surface area contributed by atoms with Gasteiger partial charge in [0.15, 0.2) is 0 Å². The average Bonchev–Trinajstić information content (AvgIpc) is 2.37. The molecule has 1 aromatic carbocycles. The Kier molecular flexibility index (Phi) is 4.04. The van der Waals surface area contributed by atoms with Crippen LogP contribution in [0.15, 0.2) is 47.6 Å². The van der Waals surface area contributed by atoms with Gasteiger partial charge < -0.3 is 4.74 Å². The Bertz CT molecular complexity index is 672. The van der Waals surface area contributed by atoms with Crippen LogP contribution in [0.25, 0.3) is 0 Å². The van der Waals surface area contributed by atoms with Gasteiger partial charge in [-0.3, -0.25) is 4.98 Å². The fraction of sp³-hybridized carbons (Fsp3) is 0.0833. The van der Waals surface area contributed by atoms with Crippen molar-refractivity contribution >= 4 is 21.6 Å². The SMILES string of the molecule is NS(=O)(=O)c1ccc(OCc2ccncc2Cl)cc1. The van der Waals surface area contributed by atoms with E-state index in [4.69, 9.17) is 21.5 Å². The van der Waals surface area contributed by atoms with E-state index in [0.29, 0.717) is 10.8 Å². The summed E-state index contributed by atoms with van der Waals surface area (Å²) < 4.78 is 27.7. The van der Waals surface area contributed by atoms with Crippen molar-refractivity contribution in [2.75, 3.05) is 0 Å². The van der Waals surface area contributed by atoms with Crippen molar-refractivity contribution < 1.29 is 13.2 Å². The van der Waals surface area contributed by atoms with Gasteiger partial charge in [-0.2, -0.15) is 0 Å². The van der Waals surface area contributed by atoms with Gasteiger partial charge in [0.25, 0.3) is 0 Å². The number of hydrogen-bond acceptors (Lipinski definition) is 4. The molecular weight excluding hydrogens is 288 g/mol. The van der Waals surface area contributed by atoms with Gasteiger partial charge >= 0.3 is 0 Å². The van der Waals surface area contributed by atoms with E-state index < -0.39 is 10.0 Å². The molecule has 0 saturated carbocycles. The number of sulfonamides is 1. The lowest BCUT2D eigenvalue weighted by Crippen LogP contribution is -2.11. The first-order valence-electron chi connectivity index (χ1n) is 5.31. The molecular formula is C12H11ClN2O3S. The minimum Gasteiger partial charge on any atom is -0.489 e. The van der Waals surface area contributed by atoms with Crippen molar-refractivity contribution in [3.8, 4) is 5.75 Å². The summed E-state index contributed by atoms with van der Waals surface area (Å²) in [4.78, 5) is 3.91. The largest absolute Gasteiger partial charge is 0.489 e. The lowest BCUT2D eigenvalue weighted by atomic mass is 10.3. The molecule has 0 fully saturated rings. The maximum Gasteiger partial charge on any atom is 0.238 e. The summed E-state index contributed by atoms with van der Waals surface area (Å²) in [5.74, 6) is 0.528. The Morgan fingerprint density at radius 3 is 2.47 bits per heavy atom. The van der Waals surface area contributed by atoms with Crippen molar-refractivity contribution in [2.45, 2.75) is 11.5 Å². The van der Waals surface area contributed by atoms with Crippen LogP contribution < -0.4 is 9.88 Å². The number of nitrogens with two attached hydrogens (primary N) is 1. The molecule has 1 heterocycles. The highest BCUT2D eigenvalue weighted by Gasteiger charge is 2.07. The average molecular weight is 299 g/mol. The fourth-order valence-electron chi connectivity index (χ4n) is 1.41. The lowest BCUT2D eigenvalue weighted by molar-refractivity contribution is 0.306. The van der Waals surface area contributed by atoms with Crippen molar-refractivity contribution in [2.24, 2.45) is 5.14 Å². The van der Waals surface area contributed by atoms with Crippen LogP contribution in [0.1, 0.15) is 5.56 Å². The Balaban J connectivity index is 2.07. The number of pyridine rings is 1. The molecule has 5 nitrogen and oxygen atoms in total. The van der Waals surface area contributed by atoms with Gasteiger partial charge in [0.2, 0.25) is 10.0 Å². The van der Waals surface area contributed by atoms with Crippen LogP contribution in [0.5, 0.6) is 5.75 Å². The first-order chi connectivity index (χ1) is 8.97. The number of benzene rings is 1. The van der Waals surface area contributed by atoms with E-state index in [1.807, 2.05) is 0 Å². The highest BCUT2D eigenvalue weighted by atomic mass is 35.5. The molecule has 0 aliphatic rings. The minimum absolute atomic E-state index is 0.0433. The summed E-state index contributed by atoms with van der Waals surface area (Å²) in [6.07, 6.45) is 3.15. The molecule has 7 heteroatoms. The van der Waals surface area contributed by atoms with Gasteiger partial charge in [-0.05, 0) is 30.3 Å². The van der Waals surface area contributed by atoms with Gasteiger partial charge in [-0.25, -0.2) is 13.6 Å². The normalized spacial score (nSPS) is 11.3. The van der Waals surface area contributed by atoms with E-state index >= 15 is 0 Å². The molecule has 0 aliphatic heterocycles. The van der Waals surface area contributed by atoms with E-state index in [1.165, 1.54) is 30.5 Å². The Morgan fingerprint density at radius 2 is 1.89 bits per heavy atom. The zero-order valence-corrected chi connectivity index (χ0v) is 11.4. The molecule has 2 N–H and O–H groups in total. The fourth-order valence-corrected chi connectivity index (χ4v) is 2.10. The van der Waals surface area contributed by atoms with E-state index in [0.717, 1.165) is 5.56 Å². The highest BCUT2D eigenvalue weighted by molar-refractivity contribution is 7.89. The Morgan fingerprint density at radius 1 is 1.21 bits per heavy atom. The lowest BCUT2D eigenvalue weighted by Gasteiger charge is -2.07. The zero-order chi connectivity index (χ0) is 13.9. The predicted molar refractivity (Wildman–Crippen MR) is 71.4 cm³/mol. The van der Waals surface area contributed by atoms with Gasteiger partial charge in [-0.15, -0.1) is 0 Å². The van der Waals surface area contributed by atoms with Crippen molar-refractivity contribution in [3.05, 3.63) is 53.3 Å². The topological polar surface area (TPSA) is 82.3 Å². The van der Waals surface area contributed by atoms with E-state index in [2.05, 4.69) is 4.98 Å². The molecule has 0 unspecified atom stereocenters. The Hall–Kier alpha value is -1.63. The molecule has 100 valence electrons. The first kappa shape index (κ1) is 13.8. The van der Waals surface area contributed by atoms with E-state index in [1.54, 1.807) is 12.3 Å². The third-order valence-electron chi connectivity index (χ3n) is 2.40. The van der Waals surface area contributed by atoms with Gasteiger partial charge in [0, 0.05) is 18.0 Å². The molecule has 19 heavy (non-hydrogen) atoms. The number of rotatable bonds is 4. The van der Waals surface area contributed by atoms with E-state index in [-0.39, 0.29) is 11.5 Å². The molecule has 0 radical (unpaired) electrons. The molecule has 1 aromatic heterocycles. The quantitative estimate of drug-likeness (QED) is 0.935. The second-order valence-electron chi connectivity index (χ2n) is 3.77. The van der Waals surface area contributed by atoms with Crippen LogP contribution in [0.2, 0.25) is 5.02 Å².